The Morgan fingerprint density at radius 2 is 1.78 bits per heavy atom. The van der Waals surface area contributed by atoms with Crippen LogP contribution in [0.5, 0.6) is 0 Å². The van der Waals surface area contributed by atoms with E-state index in [-0.39, 0.29) is 18.5 Å². The van der Waals surface area contributed by atoms with E-state index < -0.39 is 10.0 Å². The summed E-state index contributed by atoms with van der Waals surface area (Å²) >= 11 is 0. The van der Waals surface area contributed by atoms with E-state index in [1.54, 1.807) is 22.5 Å². The zero-order valence-electron chi connectivity index (χ0n) is 16.2. The van der Waals surface area contributed by atoms with Crippen LogP contribution in [0.2, 0.25) is 0 Å². The van der Waals surface area contributed by atoms with Crippen molar-refractivity contribution in [1.82, 2.24) is 9.21 Å². The van der Waals surface area contributed by atoms with Crippen LogP contribution < -0.4 is 5.32 Å². The molecule has 27 heavy (non-hydrogen) atoms. The van der Waals surface area contributed by atoms with E-state index in [0.29, 0.717) is 23.7 Å². The molecule has 1 atom stereocenters. The fraction of sp³-hybridized carbons (Fsp3) is 0.650. The number of anilines is 1. The highest BCUT2D eigenvalue weighted by Crippen LogP contribution is 2.23. The highest BCUT2D eigenvalue weighted by molar-refractivity contribution is 7.89. The van der Waals surface area contributed by atoms with Crippen LogP contribution >= 0.6 is 0 Å². The zero-order chi connectivity index (χ0) is 19.3. The lowest BCUT2D eigenvalue weighted by molar-refractivity contribution is -0.132. The third kappa shape index (κ3) is 5.02. The van der Waals surface area contributed by atoms with Crippen LogP contribution in [0.3, 0.4) is 0 Å². The Balaban J connectivity index is 1.65. The third-order valence-corrected chi connectivity index (χ3v) is 7.50. The summed E-state index contributed by atoms with van der Waals surface area (Å²) in [7, 11) is -3.48. The van der Waals surface area contributed by atoms with E-state index >= 15 is 0 Å². The predicted octanol–water partition coefficient (Wildman–Crippen LogP) is 3.06. The highest BCUT2D eigenvalue weighted by atomic mass is 32.2. The van der Waals surface area contributed by atoms with Crippen LogP contribution in [-0.2, 0) is 14.8 Å². The minimum absolute atomic E-state index is 0.0722. The van der Waals surface area contributed by atoms with E-state index in [1.807, 2.05) is 11.0 Å². The summed E-state index contributed by atoms with van der Waals surface area (Å²) in [6.07, 6.45) is 7.29. The standard InChI is InChI=1S/C20H31N3O3S/c1-17-9-4-7-14-23(17)20(24)16-21-18-10-8-11-19(15-18)27(25,26)22-12-5-2-3-6-13-22/h8,10-11,15,17,21H,2-7,9,12-14,16H2,1H3. The average molecular weight is 394 g/mol. The molecule has 1 unspecified atom stereocenters. The van der Waals surface area contributed by atoms with Crippen molar-refractivity contribution in [2.75, 3.05) is 31.5 Å². The number of hydrogen-bond donors (Lipinski definition) is 1. The van der Waals surface area contributed by atoms with E-state index in [4.69, 9.17) is 0 Å². The van der Waals surface area contributed by atoms with Gasteiger partial charge in [0.1, 0.15) is 0 Å². The van der Waals surface area contributed by atoms with Crippen molar-refractivity contribution in [3.63, 3.8) is 0 Å². The van der Waals surface area contributed by atoms with Gasteiger partial charge in [-0.25, -0.2) is 8.42 Å². The quantitative estimate of drug-likeness (QED) is 0.835. The molecule has 1 amide bonds. The Morgan fingerprint density at radius 3 is 2.48 bits per heavy atom. The molecule has 0 bridgehead atoms. The number of carbonyl (C=O) groups is 1. The molecular formula is C20H31N3O3S. The van der Waals surface area contributed by atoms with Crippen molar-refractivity contribution >= 4 is 21.6 Å². The second kappa shape index (κ2) is 9.06. The van der Waals surface area contributed by atoms with Gasteiger partial charge in [0, 0.05) is 31.4 Å². The van der Waals surface area contributed by atoms with E-state index in [0.717, 1.165) is 45.1 Å². The molecule has 0 aromatic heterocycles. The van der Waals surface area contributed by atoms with Gasteiger partial charge < -0.3 is 10.2 Å². The smallest absolute Gasteiger partial charge is 0.243 e. The Hall–Kier alpha value is -1.60. The van der Waals surface area contributed by atoms with Crippen LogP contribution in [0.15, 0.2) is 29.2 Å². The molecule has 3 rings (SSSR count). The first-order valence-corrected chi connectivity index (χ1v) is 11.6. The molecule has 0 radical (unpaired) electrons. The molecule has 2 heterocycles. The SMILES string of the molecule is CC1CCCCN1C(=O)CNc1cccc(S(=O)(=O)N2CCCCCC2)c1. The van der Waals surface area contributed by atoms with Gasteiger partial charge in [-0.15, -0.1) is 0 Å². The number of piperidine rings is 1. The molecule has 2 aliphatic heterocycles. The minimum Gasteiger partial charge on any atom is -0.376 e. The van der Waals surface area contributed by atoms with Gasteiger partial charge in [0.25, 0.3) is 0 Å². The van der Waals surface area contributed by atoms with Gasteiger partial charge in [-0.1, -0.05) is 18.9 Å². The highest BCUT2D eigenvalue weighted by Gasteiger charge is 2.26. The van der Waals surface area contributed by atoms with Crippen molar-refractivity contribution in [3.8, 4) is 0 Å². The van der Waals surface area contributed by atoms with Crippen molar-refractivity contribution < 1.29 is 13.2 Å². The maximum Gasteiger partial charge on any atom is 0.243 e. The molecule has 1 aromatic carbocycles. The summed E-state index contributed by atoms with van der Waals surface area (Å²) < 4.78 is 27.5. The molecule has 7 heteroatoms. The van der Waals surface area contributed by atoms with Gasteiger partial charge in [0.15, 0.2) is 0 Å². The number of amides is 1. The van der Waals surface area contributed by atoms with E-state index in [9.17, 15) is 13.2 Å². The van der Waals surface area contributed by atoms with Gasteiger partial charge in [0.05, 0.1) is 11.4 Å². The fourth-order valence-corrected chi connectivity index (χ4v) is 5.51. The minimum atomic E-state index is -3.48. The Bertz CT molecular complexity index is 743. The number of nitrogens with one attached hydrogen (secondary N) is 1. The first kappa shape index (κ1) is 20.1. The number of sulfonamides is 1. The largest absolute Gasteiger partial charge is 0.376 e. The number of hydrogen-bond acceptors (Lipinski definition) is 4. The monoisotopic (exact) mass is 393 g/mol. The van der Waals surface area contributed by atoms with Crippen LogP contribution in [0.1, 0.15) is 51.9 Å². The maximum atomic E-state index is 12.9. The van der Waals surface area contributed by atoms with Gasteiger partial charge in [-0.3, -0.25) is 4.79 Å². The summed E-state index contributed by atoms with van der Waals surface area (Å²) in [5, 5.41) is 3.12. The molecule has 1 N–H and O–H groups in total. The van der Waals surface area contributed by atoms with Crippen LogP contribution in [0, 0.1) is 0 Å². The molecule has 150 valence electrons. The van der Waals surface area contributed by atoms with Crippen molar-refractivity contribution in [1.29, 1.82) is 0 Å². The molecule has 2 fully saturated rings. The molecule has 6 nitrogen and oxygen atoms in total. The maximum absolute atomic E-state index is 12.9. The molecular weight excluding hydrogens is 362 g/mol. The van der Waals surface area contributed by atoms with Crippen molar-refractivity contribution in [3.05, 3.63) is 24.3 Å². The first-order chi connectivity index (χ1) is 13.0. The molecule has 0 saturated carbocycles. The van der Waals surface area contributed by atoms with Crippen LogP contribution in [0.4, 0.5) is 5.69 Å². The fourth-order valence-electron chi connectivity index (χ4n) is 3.95. The lowest BCUT2D eigenvalue weighted by Crippen LogP contribution is -2.44. The third-order valence-electron chi connectivity index (χ3n) is 5.60. The van der Waals surface area contributed by atoms with Gasteiger partial charge >= 0.3 is 0 Å². The van der Waals surface area contributed by atoms with Crippen molar-refractivity contribution in [2.24, 2.45) is 0 Å². The number of carbonyl (C=O) groups excluding carboxylic acids is 1. The second-order valence-electron chi connectivity index (χ2n) is 7.63. The summed E-state index contributed by atoms with van der Waals surface area (Å²) in [5.41, 5.74) is 0.670. The van der Waals surface area contributed by atoms with Crippen molar-refractivity contribution in [2.45, 2.75) is 62.8 Å². The number of benzene rings is 1. The number of nitrogens with zero attached hydrogens (tertiary/aromatic N) is 2. The lowest BCUT2D eigenvalue weighted by atomic mass is 10.0. The summed E-state index contributed by atoms with van der Waals surface area (Å²) in [6.45, 7) is 4.27. The molecule has 0 spiro atoms. The Kier molecular flexibility index (Phi) is 6.76. The second-order valence-corrected chi connectivity index (χ2v) is 9.57. The van der Waals surface area contributed by atoms with E-state index in [2.05, 4.69) is 12.2 Å². The number of likely N-dealkylation sites (tertiary alicyclic amines) is 1. The molecule has 0 aliphatic carbocycles. The van der Waals surface area contributed by atoms with Crippen LogP contribution in [0.25, 0.3) is 0 Å². The average Bonchev–Trinajstić information content (AvgIpc) is 2.97. The Labute approximate surface area is 163 Å². The number of rotatable bonds is 5. The topological polar surface area (TPSA) is 69.7 Å². The van der Waals surface area contributed by atoms with Crippen LogP contribution in [-0.4, -0.2) is 55.8 Å². The zero-order valence-corrected chi connectivity index (χ0v) is 17.0. The van der Waals surface area contributed by atoms with Gasteiger partial charge in [0.2, 0.25) is 15.9 Å². The summed E-state index contributed by atoms with van der Waals surface area (Å²) in [4.78, 5) is 14.7. The Morgan fingerprint density at radius 1 is 1.07 bits per heavy atom. The molecule has 2 saturated heterocycles. The lowest BCUT2D eigenvalue weighted by Gasteiger charge is -2.33. The predicted molar refractivity (Wildman–Crippen MR) is 107 cm³/mol. The normalized spacial score (nSPS) is 22.3. The molecule has 2 aliphatic rings. The van der Waals surface area contributed by atoms with Gasteiger partial charge in [-0.2, -0.15) is 4.31 Å². The first-order valence-electron chi connectivity index (χ1n) is 10.1. The van der Waals surface area contributed by atoms with Gasteiger partial charge in [-0.05, 0) is 57.2 Å². The summed E-state index contributed by atoms with van der Waals surface area (Å²) in [5.74, 6) is 0.0722. The van der Waals surface area contributed by atoms with E-state index in [1.165, 1.54) is 6.42 Å². The molecule has 1 aromatic rings. The summed E-state index contributed by atoms with van der Waals surface area (Å²) in [6, 6.07) is 7.12.